The predicted molar refractivity (Wildman–Crippen MR) is 67.9 cm³/mol. The van der Waals surface area contributed by atoms with Gasteiger partial charge >= 0.3 is 12.2 Å². The van der Waals surface area contributed by atoms with Crippen molar-refractivity contribution in [3.05, 3.63) is 28.8 Å². The molecule has 0 radical (unpaired) electrons. The van der Waals surface area contributed by atoms with Crippen LogP contribution in [-0.4, -0.2) is 37.2 Å². The Morgan fingerprint density at radius 2 is 1.95 bits per heavy atom. The lowest BCUT2D eigenvalue weighted by Gasteiger charge is -2.27. The summed E-state index contributed by atoms with van der Waals surface area (Å²) in [5.41, 5.74) is -0.706. The average Bonchev–Trinajstić information content (AvgIpc) is 2.41. The van der Waals surface area contributed by atoms with Gasteiger partial charge in [0, 0.05) is 13.1 Å². The van der Waals surface area contributed by atoms with Crippen molar-refractivity contribution >= 4 is 23.3 Å². The first-order chi connectivity index (χ1) is 9.38. The second kappa shape index (κ2) is 5.88. The third-order valence-corrected chi connectivity index (χ3v) is 3.15. The van der Waals surface area contributed by atoms with Gasteiger partial charge in [0.2, 0.25) is 0 Å². The summed E-state index contributed by atoms with van der Waals surface area (Å²) >= 11 is 5.76. The molecule has 1 aliphatic heterocycles. The Morgan fingerprint density at radius 1 is 1.30 bits per heavy atom. The molecule has 0 atom stereocenters. The fourth-order valence-electron chi connectivity index (χ4n) is 1.75. The molecule has 0 aromatic heterocycles. The molecule has 0 saturated carbocycles. The van der Waals surface area contributed by atoms with E-state index < -0.39 is 17.8 Å². The smallest absolute Gasteiger partial charge is 0.378 e. The van der Waals surface area contributed by atoms with E-state index in [0.29, 0.717) is 26.3 Å². The normalized spacial score (nSPS) is 16.1. The maximum atomic E-state index is 12.5. The minimum Gasteiger partial charge on any atom is -0.378 e. The number of benzene rings is 1. The number of morpholine rings is 1. The lowest BCUT2D eigenvalue weighted by Crippen LogP contribution is -2.43. The molecule has 8 heteroatoms. The van der Waals surface area contributed by atoms with E-state index in [1.165, 1.54) is 4.90 Å². The Balaban J connectivity index is 2.08. The maximum absolute atomic E-state index is 12.5. The third kappa shape index (κ3) is 3.55. The highest BCUT2D eigenvalue weighted by atomic mass is 35.5. The van der Waals surface area contributed by atoms with Crippen LogP contribution in [0.3, 0.4) is 0 Å². The number of rotatable bonds is 1. The van der Waals surface area contributed by atoms with Crippen LogP contribution in [0.2, 0.25) is 5.02 Å². The van der Waals surface area contributed by atoms with E-state index in [4.69, 9.17) is 16.3 Å². The molecule has 1 heterocycles. The molecule has 4 nitrogen and oxygen atoms in total. The van der Waals surface area contributed by atoms with Crippen LogP contribution in [0.4, 0.5) is 23.7 Å². The molecular formula is C12H12ClF3N2O2. The molecule has 110 valence electrons. The number of alkyl halides is 3. The van der Waals surface area contributed by atoms with Gasteiger partial charge in [0.15, 0.2) is 0 Å². The number of hydrogen-bond acceptors (Lipinski definition) is 2. The quantitative estimate of drug-likeness (QED) is 0.865. The van der Waals surface area contributed by atoms with Crippen LogP contribution in [-0.2, 0) is 10.9 Å². The van der Waals surface area contributed by atoms with Gasteiger partial charge in [-0.3, -0.25) is 0 Å². The number of urea groups is 1. The Hall–Kier alpha value is -1.47. The predicted octanol–water partition coefficient (Wildman–Crippen LogP) is 3.22. The summed E-state index contributed by atoms with van der Waals surface area (Å²) in [4.78, 5) is 13.4. The van der Waals surface area contributed by atoms with Gasteiger partial charge in [-0.1, -0.05) is 11.6 Å². The van der Waals surface area contributed by atoms with Gasteiger partial charge in [0.25, 0.3) is 0 Å². The van der Waals surface area contributed by atoms with Crippen molar-refractivity contribution in [2.45, 2.75) is 6.18 Å². The van der Waals surface area contributed by atoms with E-state index in [0.717, 1.165) is 18.2 Å². The summed E-state index contributed by atoms with van der Waals surface area (Å²) in [6, 6.07) is 2.40. The fraction of sp³-hybridized carbons (Fsp3) is 0.417. The van der Waals surface area contributed by atoms with E-state index in [2.05, 4.69) is 5.32 Å². The van der Waals surface area contributed by atoms with Crippen molar-refractivity contribution < 1.29 is 22.7 Å². The number of nitrogens with one attached hydrogen (secondary N) is 1. The number of hydrogen-bond donors (Lipinski definition) is 1. The summed E-state index contributed by atoms with van der Waals surface area (Å²) in [7, 11) is 0. The van der Waals surface area contributed by atoms with Crippen molar-refractivity contribution in [2.24, 2.45) is 0 Å². The molecule has 1 N–H and O–H groups in total. The maximum Gasteiger partial charge on any atom is 0.416 e. The van der Waals surface area contributed by atoms with Gasteiger partial charge < -0.3 is 15.0 Å². The Kier molecular flexibility index (Phi) is 4.39. The third-order valence-electron chi connectivity index (χ3n) is 2.84. The van der Waals surface area contributed by atoms with Crippen molar-refractivity contribution in [3.8, 4) is 0 Å². The molecule has 2 amide bonds. The Labute approximate surface area is 118 Å². The van der Waals surface area contributed by atoms with E-state index in [1.807, 2.05) is 0 Å². The Bertz CT molecular complexity index is 502. The number of ether oxygens (including phenoxy) is 1. The van der Waals surface area contributed by atoms with Gasteiger partial charge in [-0.25, -0.2) is 4.79 Å². The van der Waals surface area contributed by atoms with Crippen LogP contribution in [0, 0.1) is 0 Å². The Morgan fingerprint density at radius 3 is 2.50 bits per heavy atom. The van der Waals surface area contributed by atoms with Gasteiger partial charge in [0.05, 0.1) is 29.5 Å². The number of amides is 2. The van der Waals surface area contributed by atoms with Crippen LogP contribution in [0.25, 0.3) is 0 Å². The van der Waals surface area contributed by atoms with E-state index in [1.54, 1.807) is 0 Å². The zero-order valence-electron chi connectivity index (χ0n) is 10.3. The molecule has 1 saturated heterocycles. The number of nitrogens with zero attached hydrogens (tertiary/aromatic N) is 1. The summed E-state index contributed by atoms with van der Waals surface area (Å²) in [5.74, 6) is 0. The topological polar surface area (TPSA) is 41.6 Å². The lowest BCUT2D eigenvalue weighted by atomic mass is 10.2. The first-order valence-electron chi connectivity index (χ1n) is 5.88. The highest BCUT2D eigenvalue weighted by Crippen LogP contribution is 2.33. The molecule has 1 aliphatic rings. The van der Waals surface area contributed by atoms with E-state index >= 15 is 0 Å². The number of anilines is 1. The first kappa shape index (κ1) is 14.9. The van der Waals surface area contributed by atoms with Crippen molar-refractivity contribution in [3.63, 3.8) is 0 Å². The average molecular weight is 309 g/mol. The molecule has 2 rings (SSSR count). The van der Waals surface area contributed by atoms with E-state index in [9.17, 15) is 18.0 Å². The van der Waals surface area contributed by atoms with E-state index in [-0.39, 0.29) is 10.7 Å². The van der Waals surface area contributed by atoms with Crippen LogP contribution in [0.5, 0.6) is 0 Å². The van der Waals surface area contributed by atoms with Crippen molar-refractivity contribution in [1.29, 1.82) is 0 Å². The van der Waals surface area contributed by atoms with Gasteiger partial charge in [-0.15, -0.1) is 0 Å². The molecule has 0 aliphatic carbocycles. The summed E-state index contributed by atoms with van der Waals surface area (Å²) in [5, 5.41) is 2.34. The molecule has 1 fully saturated rings. The highest BCUT2D eigenvalue weighted by molar-refractivity contribution is 6.33. The first-order valence-corrected chi connectivity index (χ1v) is 6.26. The standard InChI is InChI=1S/C12H12ClF3N2O2/c13-9-7-8(12(14,15)16)1-2-10(9)17-11(19)18-3-5-20-6-4-18/h1-2,7H,3-6H2,(H,17,19). The van der Waals surface area contributed by atoms with Gasteiger partial charge in [0.1, 0.15) is 0 Å². The lowest BCUT2D eigenvalue weighted by molar-refractivity contribution is -0.137. The minimum atomic E-state index is -4.46. The van der Waals surface area contributed by atoms with Gasteiger partial charge in [-0.2, -0.15) is 13.2 Å². The second-order valence-electron chi connectivity index (χ2n) is 4.22. The molecule has 0 bridgehead atoms. The molecule has 20 heavy (non-hydrogen) atoms. The summed E-state index contributed by atoms with van der Waals surface area (Å²) in [6.07, 6.45) is -4.46. The molecule has 1 aromatic rings. The second-order valence-corrected chi connectivity index (χ2v) is 4.63. The van der Waals surface area contributed by atoms with Crippen molar-refractivity contribution in [1.82, 2.24) is 4.90 Å². The molecule has 0 spiro atoms. The summed E-state index contributed by atoms with van der Waals surface area (Å²) < 4.78 is 42.6. The number of halogens is 4. The molecule has 0 unspecified atom stereocenters. The zero-order valence-corrected chi connectivity index (χ0v) is 11.1. The highest BCUT2D eigenvalue weighted by Gasteiger charge is 2.31. The molecule has 1 aromatic carbocycles. The number of carbonyl (C=O) groups excluding carboxylic acids is 1. The van der Waals surface area contributed by atoms with Crippen molar-refractivity contribution in [2.75, 3.05) is 31.6 Å². The minimum absolute atomic E-state index is 0.149. The zero-order chi connectivity index (χ0) is 14.8. The van der Waals surface area contributed by atoms with Gasteiger partial charge in [-0.05, 0) is 18.2 Å². The van der Waals surface area contributed by atoms with Crippen LogP contribution < -0.4 is 5.32 Å². The van der Waals surface area contributed by atoms with Crippen LogP contribution in [0.1, 0.15) is 5.56 Å². The van der Waals surface area contributed by atoms with Crippen LogP contribution >= 0.6 is 11.6 Å². The SMILES string of the molecule is O=C(Nc1ccc(C(F)(F)F)cc1Cl)N1CCOCC1. The monoisotopic (exact) mass is 308 g/mol. The fourth-order valence-corrected chi connectivity index (χ4v) is 1.98. The largest absolute Gasteiger partial charge is 0.416 e. The number of carbonyl (C=O) groups is 1. The van der Waals surface area contributed by atoms with Crippen LogP contribution in [0.15, 0.2) is 18.2 Å². The summed E-state index contributed by atoms with van der Waals surface area (Å²) in [6.45, 7) is 1.75. The molecular weight excluding hydrogens is 297 g/mol.